The van der Waals surface area contributed by atoms with E-state index in [2.05, 4.69) is 5.32 Å². The maximum absolute atomic E-state index is 13.8. The number of nitrogens with one attached hydrogen (secondary N) is 1. The molecule has 1 amide bonds. The zero-order valence-electron chi connectivity index (χ0n) is 10.4. The van der Waals surface area contributed by atoms with E-state index >= 15 is 0 Å². The number of carbonyl (C=O) groups excluding carboxylic acids is 1. The van der Waals surface area contributed by atoms with Gasteiger partial charge in [-0.2, -0.15) is 0 Å². The number of benzene rings is 1. The fourth-order valence-corrected chi connectivity index (χ4v) is 2.18. The molecule has 0 aliphatic carbocycles. The molecule has 0 spiro atoms. The minimum absolute atomic E-state index is 0.00431. The van der Waals surface area contributed by atoms with Gasteiger partial charge in [0.25, 0.3) is 0 Å². The van der Waals surface area contributed by atoms with Crippen molar-refractivity contribution in [1.82, 2.24) is 5.32 Å². The van der Waals surface area contributed by atoms with Crippen molar-refractivity contribution in [2.45, 2.75) is 25.5 Å². The molecule has 6 heteroatoms. The first-order valence-corrected chi connectivity index (χ1v) is 5.86. The van der Waals surface area contributed by atoms with Crippen molar-refractivity contribution in [3.8, 4) is 0 Å². The van der Waals surface area contributed by atoms with E-state index in [0.29, 0.717) is 0 Å². The molecular formula is C13H14FNO4. The topological polar surface area (TPSA) is 75.6 Å². The highest BCUT2D eigenvalue weighted by molar-refractivity contribution is 5.81. The van der Waals surface area contributed by atoms with Crippen LogP contribution >= 0.6 is 0 Å². The Morgan fingerprint density at radius 2 is 2.26 bits per heavy atom. The van der Waals surface area contributed by atoms with E-state index < -0.39 is 24.1 Å². The van der Waals surface area contributed by atoms with Gasteiger partial charge in [0.15, 0.2) is 5.78 Å². The molecule has 0 bridgehead atoms. The minimum Gasteiger partial charge on any atom is -0.465 e. The third-order valence-corrected chi connectivity index (χ3v) is 3.00. The van der Waals surface area contributed by atoms with Crippen molar-refractivity contribution in [1.29, 1.82) is 0 Å². The fraction of sp³-hybridized carbons (Fsp3) is 0.385. The molecule has 0 aromatic heterocycles. The number of hydrogen-bond acceptors (Lipinski definition) is 3. The van der Waals surface area contributed by atoms with E-state index in [1.165, 1.54) is 6.07 Å². The Morgan fingerprint density at radius 1 is 1.53 bits per heavy atom. The summed E-state index contributed by atoms with van der Waals surface area (Å²) in [4.78, 5) is 22.1. The third-order valence-electron chi connectivity index (χ3n) is 3.00. The van der Waals surface area contributed by atoms with Gasteiger partial charge >= 0.3 is 6.09 Å². The van der Waals surface area contributed by atoms with Crippen LogP contribution in [0.5, 0.6) is 0 Å². The lowest BCUT2D eigenvalue weighted by atomic mass is 9.94. The van der Waals surface area contributed by atoms with E-state index in [0.717, 1.165) is 5.56 Å². The fourth-order valence-electron chi connectivity index (χ4n) is 2.18. The number of amides is 1. The van der Waals surface area contributed by atoms with E-state index in [-0.39, 0.29) is 24.4 Å². The molecule has 19 heavy (non-hydrogen) atoms. The van der Waals surface area contributed by atoms with Gasteiger partial charge in [0.1, 0.15) is 18.5 Å². The summed E-state index contributed by atoms with van der Waals surface area (Å²) in [7, 11) is 0. The van der Waals surface area contributed by atoms with Crippen molar-refractivity contribution < 1.29 is 23.8 Å². The molecule has 1 aromatic carbocycles. The molecule has 2 rings (SSSR count). The minimum atomic E-state index is -1.26. The Morgan fingerprint density at radius 3 is 2.95 bits per heavy atom. The summed E-state index contributed by atoms with van der Waals surface area (Å²) in [6.07, 6.45) is -2.04. The summed E-state index contributed by atoms with van der Waals surface area (Å²) < 4.78 is 19.1. The number of hydrogen-bond donors (Lipinski definition) is 2. The van der Waals surface area contributed by atoms with Gasteiger partial charge in [-0.05, 0) is 13.0 Å². The van der Waals surface area contributed by atoms with Crippen LogP contribution in [0, 0.1) is 12.7 Å². The molecule has 102 valence electrons. The zero-order valence-corrected chi connectivity index (χ0v) is 10.4. The van der Waals surface area contributed by atoms with Crippen LogP contribution in [0.15, 0.2) is 18.2 Å². The maximum atomic E-state index is 13.8. The average Bonchev–Trinajstić information content (AvgIpc) is 2.32. The van der Waals surface area contributed by atoms with E-state index in [9.17, 15) is 14.0 Å². The van der Waals surface area contributed by atoms with Gasteiger partial charge in [0.2, 0.25) is 0 Å². The molecule has 1 saturated heterocycles. The highest BCUT2D eigenvalue weighted by Gasteiger charge is 2.34. The van der Waals surface area contributed by atoms with Crippen molar-refractivity contribution in [2.75, 3.05) is 6.61 Å². The highest BCUT2D eigenvalue weighted by Crippen LogP contribution is 2.29. The standard InChI is InChI=1S/C13H14FNO4/c1-7-2-3-10(14)9(4-7)12-11(15-13(17)18)5-8(16)6-19-12/h2-4,11-12,15H,5-6H2,1H3,(H,17,18). The van der Waals surface area contributed by atoms with Crippen LogP contribution < -0.4 is 5.32 Å². The van der Waals surface area contributed by atoms with Crippen LogP contribution in [-0.2, 0) is 9.53 Å². The van der Waals surface area contributed by atoms with Crippen molar-refractivity contribution in [3.05, 3.63) is 35.1 Å². The first kappa shape index (κ1) is 13.5. The van der Waals surface area contributed by atoms with Gasteiger partial charge in [-0.15, -0.1) is 0 Å². The largest absolute Gasteiger partial charge is 0.465 e. The smallest absolute Gasteiger partial charge is 0.404 e. The second-order valence-electron chi connectivity index (χ2n) is 4.56. The Bertz CT molecular complexity index is 515. The number of ketones is 1. The number of carbonyl (C=O) groups is 2. The van der Waals surface area contributed by atoms with E-state index in [1.807, 2.05) is 0 Å². The summed E-state index contributed by atoms with van der Waals surface area (Å²) in [6.45, 7) is 1.67. The Labute approximate surface area is 109 Å². The Balaban J connectivity index is 2.31. The van der Waals surface area contributed by atoms with Crippen LogP contribution in [0.2, 0.25) is 0 Å². The number of ether oxygens (including phenoxy) is 1. The lowest BCUT2D eigenvalue weighted by Gasteiger charge is -2.31. The summed E-state index contributed by atoms with van der Waals surface area (Å²) >= 11 is 0. The molecule has 5 nitrogen and oxygen atoms in total. The highest BCUT2D eigenvalue weighted by atomic mass is 19.1. The lowest BCUT2D eigenvalue weighted by Crippen LogP contribution is -2.45. The average molecular weight is 267 g/mol. The van der Waals surface area contributed by atoms with Crippen LogP contribution in [0.4, 0.5) is 9.18 Å². The molecule has 1 aliphatic heterocycles. The van der Waals surface area contributed by atoms with Gasteiger partial charge < -0.3 is 15.2 Å². The number of carboxylic acid groups (broad SMARTS) is 1. The molecule has 0 radical (unpaired) electrons. The number of rotatable bonds is 2. The van der Waals surface area contributed by atoms with Crippen molar-refractivity contribution in [2.24, 2.45) is 0 Å². The van der Waals surface area contributed by atoms with Gasteiger partial charge in [0.05, 0.1) is 6.04 Å². The summed E-state index contributed by atoms with van der Waals surface area (Å²) in [5, 5.41) is 11.0. The van der Waals surface area contributed by atoms with Gasteiger partial charge in [0, 0.05) is 12.0 Å². The first-order valence-electron chi connectivity index (χ1n) is 5.86. The number of aryl methyl sites for hydroxylation is 1. The molecular weight excluding hydrogens is 253 g/mol. The van der Waals surface area contributed by atoms with Crippen LogP contribution in [0.1, 0.15) is 23.7 Å². The van der Waals surface area contributed by atoms with Crippen LogP contribution in [-0.4, -0.2) is 29.6 Å². The predicted molar refractivity (Wildman–Crippen MR) is 64.4 cm³/mol. The molecule has 1 heterocycles. The molecule has 2 N–H and O–H groups in total. The van der Waals surface area contributed by atoms with E-state index in [1.54, 1.807) is 19.1 Å². The summed E-state index contributed by atoms with van der Waals surface area (Å²) in [6, 6.07) is 3.76. The van der Waals surface area contributed by atoms with Gasteiger partial charge in [-0.1, -0.05) is 17.7 Å². The van der Waals surface area contributed by atoms with Crippen LogP contribution in [0.3, 0.4) is 0 Å². The number of halogens is 1. The molecule has 1 fully saturated rings. The Kier molecular flexibility index (Phi) is 3.80. The monoisotopic (exact) mass is 267 g/mol. The van der Waals surface area contributed by atoms with E-state index in [4.69, 9.17) is 9.84 Å². The lowest BCUT2D eigenvalue weighted by molar-refractivity contribution is -0.133. The quantitative estimate of drug-likeness (QED) is 0.856. The second-order valence-corrected chi connectivity index (χ2v) is 4.56. The van der Waals surface area contributed by atoms with Crippen molar-refractivity contribution in [3.63, 3.8) is 0 Å². The SMILES string of the molecule is Cc1ccc(F)c(C2OCC(=O)CC2NC(=O)O)c1. The Hall–Kier alpha value is -1.95. The molecule has 1 aliphatic rings. The predicted octanol–water partition coefficient (Wildman–Crippen LogP) is 1.80. The molecule has 0 saturated carbocycles. The van der Waals surface area contributed by atoms with Gasteiger partial charge in [-0.25, -0.2) is 9.18 Å². The molecule has 2 atom stereocenters. The molecule has 2 unspecified atom stereocenters. The van der Waals surface area contributed by atoms with Gasteiger partial charge in [-0.3, -0.25) is 4.79 Å². The third kappa shape index (κ3) is 3.08. The van der Waals surface area contributed by atoms with Crippen LogP contribution in [0.25, 0.3) is 0 Å². The zero-order chi connectivity index (χ0) is 14.0. The first-order chi connectivity index (χ1) is 8.97. The molecule has 1 aromatic rings. The normalized spacial score (nSPS) is 23.2. The maximum Gasteiger partial charge on any atom is 0.404 e. The second kappa shape index (κ2) is 5.36. The summed E-state index contributed by atoms with van der Waals surface area (Å²) in [5.74, 6) is -0.676. The number of Topliss-reactive ketones (excluding diaryl/α,β-unsaturated/α-hetero) is 1. The summed E-state index contributed by atoms with van der Waals surface area (Å²) in [5.41, 5.74) is 1.11. The van der Waals surface area contributed by atoms with Crippen molar-refractivity contribution >= 4 is 11.9 Å².